The maximum atomic E-state index is 12.1. The molecule has 2 aromatic carbocycles. The van der Waals surface area contributed by atoms with Crippen LogP contribution in [0.3, 0.4) is 0 Å². The van der Waals surface area contributed by atoms with E-state index in [1.165, 1.54) is 11.6 Å². The largest absolute Gasteiger partial charge is 0.332 e. The number of hydrogen-bond acceptors (Lipinski definition) is 3. The fourth-order valence-electron chi connectivity index (χ4n) is 2.72. The maximum Gasteiger partial charge on any atom is 0.250 e. The van der Waals surface area contributed by atoms with Crippen LogP contribution in [-0.2, 0) is 9.59 Å². The summed E-state index contributed by atoms with van der Waals surface area (Å²) in [5.41, 5.74) is 3.56. The quantitative estimate of drug-likeness (QED) is 0.389. The average molecular weight is 424 g/mol. The lowest BCUT2D eigenvalue weighted by atomic mass is 10.0. The molecule has 5 nitrogen and oxygen atoms in total. The number of thiocarbonyl (C=S) groups is 1. The van der Waals surface area contributed by atoms with Crippen molar-refractivity contribution in [2.24, 2.45) is 0 Å². The normalized spacial score (nSPS) is 10.8. The zero-order chi connectivity index (χ0) is 21.9. The zero-order valence-electron chi connectivity index (χ0n) is 17.7. The first-order valence-corrected chi connectivity index (χ1v) is 10.6. The third-order valence-electron chi connectivity index (χ3n) is 4.43. The highest BCUT2D eigenvalue weighted by Gasteiger charge is 2.05. The minimum Gasteiger partial charge on any atom is -0.332 e. The molecule has 0 bridgehead atoms. The number of carbonyl (C=O) groups is 2. The van der Waals surface area contributed by atoms with Gasteiger partial charge in [-0.15, -0.1) is 0 Å². The fraction of sp³-hybridized carbons (Fsp3) is 0.292. The van der Waals surface area contributed by atoms with Crippen molar-refractivity contribution in [1.82, 2.24) is 5.32 Å². The van der Waals surface area contributed by atoms with Gasteiger partial charge in [-0.3, -0.25) is 14.9 Å². The fourth-order valence-corrected chi connectivity index (χ4v) is 2.93. The Morgan fingerprint density at radius 1 is 1.03 bits per heavy atom. The molecule has 0 fully saturated rings. The van der Waals surface area contributed by atoms with Gasteiger partial charge in [0.1, 0.15) is 0 Å². The number of unbranched alkanes of at least 4 members (excludes halogenated alkanes) is 1. The Morgan fingerprint density at radius 3 is 2.33 bits per heavy atom. The summed E-state index contributed by atoms with van der Waals surface area (Å²) in [6.45, 7) is 6.33. The molecule has 0 heterocycles. The monoisotopic (exact) mass is 423 g/mol. The second-order valence-corrected chi connectivity index (χ2v) is 7.74. The standard InChI is InChI=1S/C24H29N3O2S/c1-4-5-9-22(28)25-20-7-6-8-21(16-20)26-24(30)27-23(29)15-12-18-10-13-19(14-11-18)17(2)3/h6-8,10-17H,4-5,9H2,1-3H3,(H,25,28)(H2,26,27,29,30). The molecule has 0 radical (unpaired) electrons. The van der Waals surface area contributed by atoms with Crippen LogP contribution in [0, 0.1) is 0 Å². The predicted molar refractivity (Wildman–Crippen MR) is 129 cm³/mol. The van der Waals surface area contributed by atoms with Crippen LogP contribution in [0.4, 0.5) is 11.4 Å². The Balaban J connectivity index is 1.86. The topological polar surface area (TPSA) is 70.2 Å². The molecule has 2 aromatic rings. The molecule has 158 valence electrons. The van der Waals surface area contributed by atoms with Crippen molar-refractivity contribution in [3.8, 4) is 0 Å². The Kier molecular flexibility index (Phi) is 9.22. The third-order valence-corrected chi connectivity index (χ3v) is 4.63. The Labute approximate surface area is 184 Å². The lowest BCUT2D eigenvalue weighted by molar-refractivity contribution is -0.116. The first kappa shape index (κ1) is 23.3. The molecule has 0 spiro atoms. The molecular weight excluding hydrogens is 394 g/mol. The molecule has 0 aliphatic heterocycles. The van der Waals surface area contributed by atoms with Crippen molar-refractivity contribution in [2.75, 3.05) is 10.6 Å². The Bertz CT molecular complexity index is 905. The van der Waals surface area contributed by atoms with E-state index in [-0.39, 0.29) is 16.9 Å². The minimum absolute atomic E-state index is 0.0172. The highest BCUT2D eigenvalue weighted by molar-refractivity contribution is 7.80. The number of rotatable bonds is 8. The van der Waals surface area contributed by atoms with E-state index in [4.69, 9.17) is 12.2 Å². The summed E-state index contributed by atoms with van der Waals surface area (Å²) in [6.07, 6.45) is 5.52. The van der Waals surface area contributed by atoms with Crippen LogP contribution in [0.1, 0.15) is 57.1 Å². The predicted octanol–water partition coefficient (Wildman–Crippen LogP) is 5.47. The molecule has 0 atom stereocenters. The van der Waals surface area contributed by atoms with Gasteiger partial charge in [0.2, 0.25) is 11.8 Å². The van der Waals surface area contributed by atoms with Crippen LogP contribution in [0.15, 0.2) is 54.6 Å². The van der Waals surface area contributed by atoms with E-state index in [9.17, 15) is 9.59 Å². The van der Waals surface area contributed by atoms with Crippen LogP contribution < -0.4 is 16.0 Å². The van der Waals surface area contributed by atoms with Gasteiger partial charge in [-0.2, -0.15) is 0 Å². The van der Waals surface area contributed by atoms with E-state index in [2.05, 4.69) is 41.9 Å². The molecule has 2 rings (SSSR count). The zero-order valence-corrected chi connectivity index (χ0v) is 18.5. The third kappa shape index (κ3) is 8.17. The minimum atomic E-state index is -0.315. The van der Waals surface area contributed by atoms with E-state index in [1.807, 2.05) is 37.3 Å². The van der Waals surface area contributed by atoms with Gasteiger partial charge in [0.25, 0.3) is 0 Å². The highest BCUT2D eigenvalue weighted by atomic mass is 32.1. The van der Waals surface area contributed by atoms with Crippen LogP contribution in [-0.4, -0.2) is 16.9 Å². The van der Waals surface area contributed by atoms with Gasteiger partial charge in [0.05, 0.1) is 0 Å². The number of amides is 2. The summed E-state index contributed by atoms with van der Waals surface area (Å²) >= 11 is 5.21. The number of nitrogens with one attached hydrogen (secondary N) is 3. The van der Waals surface area contributed by atoms with Crippen LogP contribution in [0.5, 0.6) is 0 Å². The van der Waals surface area contributed by atoms with E-state index in [0.29, 0.717) is 23.7 Å². The molecule has 0 aliphatic rings. The summed E-state index contributed by atoms with van der Waals surface area (Å²) in [6, 6.07) is 15.3. The second-order valence-electron chi connectivity index (χ2n) is 7.33. The lowest BCUT2D eigenvalue weighted by Gasteiger charge is -2.10. The molecule has 2 amide bonds. The number of carbonyl (C=O) groups excluding carboxylic acids is 2. The Hall–Kier alpha value is -2.99. The van der Waals surface area contributed by atoms with E-state index >= 15 is 0 Å². The van der Waals surface area contributed by atoms with Gasteiger partial charge in [-0.1, -0.05) is 57.5 Å². The van der Waals surface area contributed by atoms with Gasteiger partial charge in [0.15, 0.2) is 5.11 Å². The summed E-state index contributed by atoms with van der Waals surface area (Å²) < 4.78 is 0. The highest BCUT2D eigenvalue weighted by Crippen LogP contribution is 2.16. The maximum absolute atomic E-state index is 12.1. The van der Waals surface area contributed by atoms with Crippen molar-refractivity contribution >= 4 is 46.6 Å². The molecule has 0 aliphatic carbocycles. The first-order chi connectivity index (χ1) is 14.4. The van der Waals surface area contributed by atoms with Crippen molar-refractivity contribution < 1.29 is 9.59 Å². The van der Waals surface area contributed by atoms with Gasteiger partial charge in [-0.05, 0) is 60.0 Å². The Morgan fingerprint density at radius 2 is 1.70 bits per heavy atom. The molecule has 0 aromatic heterocycles. The molecule has 3 N–H and O–H groups in total. The van der Waals surface area contributed by atoms with Crippen molar-refractivity contribution in [1.29, 1.82) is 0 Å². The molecule has 0 saturated carbocycles. The lowest BCUT2D eigenvalue weighted by Crippen LogP contribution is -2.32. The summed E-state index contributed by atoms with van der Waals surface area (Å²) in [7, 11) is 0. The van der Waals surface area contributed by atoms with Gasteiger partial charge in [-0.25, -0.2) is 0 Å². The second kappa shape index (κ2) is 11.9. The number of benzene rings is 2. The summed E-state index contributed by atoms with van der Waals surface area (Å²) in [5.74, 6) is 0.138. The average Bonchev–Trinajstić information content (AvgIpc) is 2.71. The van der Waals surface area contributed by atoms with E-state index in [1.54, 1.807) is 12.1 Å². The summed E-state index contributed by atoms with van der Waals surface area (Å²) in [4.78, 5) is 24.0. The first-order valence-electron chi connectivity index (χ1n) is 10.2. The number of hydrogen-bond donors (Lipinski definition) is 3. The van der Waals surface area contributed by atoms with Crippen LogP contribution in [0.2, 0.25) is 0 Å². The van der Waals surface area contributed by atoms with Gasteiger partial charge in [0, 0.05) is 23.9 Å². The van der Waals surface area contributed by atoms with Crippen molar-refractivity contribution in [2.45, 2.75) is 46.0 Å². The molecule has 0 unspecified atom stereocenters. The van der Waals surface area contributed by atoms with Gasteiger partial charge >= 0.3 is 0 Å². The van der Waals surface area contributed by atoms with Crippen LogP contribution >= 0.6 is 12.2 Å². The SMILES string of the molecule is CCCCC(=O)Nc1cccc(NC(=S)NC(=O)C=Cc2ccc(C(C)C)cc2)c1. The van der Waals surface area contributed by atoms with E-state index < -0.39 is 0 Å². The molecular formula is C24H29N3O2S. The van der Waals surface area contributed by atoms with Crippen LogP contribution in [0.25, 0.3) is 6.08 Å². The van der Waals surface area contributed by atoms with Crippen molar-refractivity contribution in [3.63, 3.8) is 0 Å². The molecule has 30 heavy (non-hydrogen) atoms. The molecule has 0 saturated heterocycles. The van der Waals surface area contributed by atoms with Crippen molar-refractivity contribution in [3.05, 3.63) is 65.7 Å². The number of anilines is 2. The molecule has 6 heteroatoms. The van der Waals surface area contributed by atoms with E-state index in [0.717, 1.165) is 18.4 Å². The summed E-state index contributed by atoms with van der Waals surface area (Å²) in [5, 5.41) is 8.63. The van der Waals surface area contributed by atoms with Gasteiger partial charge < -0.3 is 10.6 Å². The smallest absolute Gasteiger partial charge is 0.250 e.